The maximum absolute atomic E-state index is 11.4. The van der Waals surface area contributed by atoms with Gasteiger partial charge in [0, 0.05) is 5.75 Å². The molecule has 1 heterocycles. The molecule has 1 aliphatic heterocycles. The average molecular weight is 216 g/mol. The standard InChI is InChI=1S/C10H20N2OS/c1-8(2)6-12-10(9(11)13)4-3-5-14-7-10/h8,12H,3-7H2,1-2H3,(H2,11,13). The molecular formula is C10H20N2OS. The van der Waals surface area contributed by atoms with Gasteiger partial charge in [-0.25, -0.2) is 0 Å². The Labute approximate surface area is 90.2 Å². The van der Waals surface area contributed by atoms with Gasteiger partial charge in [-0.15, -0.1) is 0 Å². The van der Waals surface area contributed by atoms with Crippen LogP contribution in [0.1, 0.15) is 26.7 Å². The summed E-state index contributed by atoms with van der Waals surface area (Å²) in [6.45, 7) is 5.14. The van der Waals surface area contributed by atoms with Crippen LogP contribution < -0.4 is 11.1 Å². The predicted octanol–water partition coefficient (Wildman–Crippen LogP) is 0.983. The number of rotatable bonds is 4. The van der Waals surface area contributed by atoms with Gasteiger partial charge in [-0.05, 0) is 31.1 Å². The Morgan fingerprint density at radius 3 is 2.79 bits per heavy atom. The van der Waals surface area contributed by atoms with Crippen molar-refractivity contribution in [3.63, 3.8) is 0 Å². The van der Waals surface area contributed by atoms with Gasteiger partial charge in [0.1, 0.15) is 5.54 Å². The van der Waals surface area contributed by atoms with Crippen molar-refractivity contribution in [2.45, 2.75) is 32.2 Å². The van der Waals surface area contributed by atoms with Crippen molar-refractivity contribution < 1.29 is 4.79 Å². The number of amides is 1. The second kappa shape index (κ2) is 5.03. The molecule has 0 aromatic heterocycles. The molecule has 0 aromatic carbocycles. The van der Waals surface area contributed by atoms with Crippen LogP contribution in [0.2, 0.25) is 0 Å². The number of thioether (sulfide) groups is 1. The number of hydrogen-bond acceptors (Lipinski definition) is 3. The highest BCUT2D eigenvalue weighted by molar-refractivity contribution is 7.99. The summed E-state index contributed by atoms with van der Waals surface area (Å²) in [6, 6.07) is 0. The summed E-state index contributed by atoms with van der Waals surface area (Å²) in [4.78, 5) is 11.4. The molecule has 0 radical (unpaired) electrons. The lowest BCUT2D eigenvalue weighted by Crippen LogP contribution is -2.59. The van der Waals surface area contributed by atoms with E-state index in [-0.39, 0.29) is 5.91 Å². The van der Waals surface area contributed by atoms with Gasteiger partial charge < -0.3 is 11.1 Å². The highest BCUT2D eigenvalue weighted by Crippen LogP contribution is 2.26. The Balaban J connectivity index is 2.56. The van der Waals surface area contributed by atoms with Crippen molar-refractivity contribution in [2.24, 2.45) is 11.7 Å². The number of carbonyl (C=O) groups excluding carboxylic acids is 1. The van der Waals surface area contributed by atoms with Gasteiger partial charge in [-0.2, -0.15) is 11.8 Å². The summed E-state index contributed by atoms with van der Waals surface area (Å²) in [6.07, 6.45) is 1.97. The molecule has 0 spiro atoms. The molecule has 0 bridgehead atoms. The average Bonchev–Trinajstić information content (AvgIpc) is 2.16. The SMILES string of the molecule is CC(C)CNC1(C(N)=O)CCCSC1. The molecule has 1 aliphatic rings. The Kier molecular flexibility index (Phi) is 4.26. The summed E-state index contributed by atoms with van der Waals surface area (Å²) in [5.41, 5.74) is 5.04. The highest BCUT2D eigenvalue weighted by atomic mass is 32.2. The van der Waals surface area contributed by atoms with Crippen LogP contribution in [-0.2, 0) is 4.79 Å². The van der Waals surface area contributed by atoms with Crippen molar-refractivity contribution in [1.82, 2.24) is 5.32 Å². The van der Waals surface area contributed by atoms with Gasteiger partial charge in [0.2, 0.25) is 5.91 Å². The molecule has 1 rings (SSSR count). The molecule has 0 aliphatic carbocycles. The Bertz CT molecular complexity index is 200. The van der Waals surface area contributed by atoms with Gasteiger partial charge in [0.15, 0.2) is 0 Å². The number of primary amides is 1. The molecule has 82 valence electrons. The lowest BCUT2D eigenvalue weighted by molar-refractivity contribution is -0.124. The van der Waals surface area contributed by atoms with E-state index in [4.69, 9.17) is 5.73 Å². The van der Waals surface area contributed by atoms with Gasteiger partial charge in [0.05, 0.1) is 0 Å². The van der Waals surface area contributed by atoms with Crippen molar-refractivity contribution in [1.29, 1.82) is 0 Å². The minimum Gasteiger partial charge on any atom is -0.368 e. The number of nitrogens with one attached hydrogen (secondary N) is 1. The van der Waals surface area contributed by atoms with Crippen molar-refractivity contribution in [2.75, 3.05) is 18.1 Å². The predicted molar refractivity (Wildman–Crippen MR) is 61.3 cm³/mol. The van der Waals surface area contributed by atoms with Crippen molar-refractivity contribution in [3.05, 3.63) is 0 Å². The molecule has 4 heteroatoms. The summed E-state index contributed by atoms with van der Waals surface area (Å²) in [5.74, 6) is 2.34. The fourth-order valence-electron chi connectivity index (χ4n) is 1.61. The van der Waals surface area contributed by atoms with Gasteiger partial charge >= 0.3 is 0 Å². The second-order valence-electron chi connectivity index (χ2n) is 4.38. The van der Waals surface area contributed by atoms with Crippen LogP contribution >= 0.6 is 11.8 Å². The third-order valence-electron chi connectivity index (χ3n) is 2.56. The highest BCUT2D eigenvalue weighted by Gasteiger charge is 2.37. The molecule has 0 saturated carbocycles. The van der Waals surface area contributed by atoms with E-state index >= 15 is 0 Å². The molecule has 1 unspecified atom stereocenters. The zero-order valence-electron chi connectivity index (χ0n) is 9.01. The van der Waals surface area contributed by atoms with Gasteiger partial charge in [-0.1, -0.05) is 13.8 Å². The zero-order chi connectivity index (χ0) is 10.6. The van der Waals surface area contributed by atoms with E-state index in [2.05, 4.69) is 19.2 Å². The van der Waals surface area contributed by atoms with Crippen LogP contribution in [0.3, 0.4) is 0 Å². The van der Waals surface area contributed by atoms with E-state index in [0.29, 0.717) is 5.92 Å². The molecular weight excluding hydrogens is 196 g/mol. The summed E-state index contributed by atoms with van der Waals surface area (Å²) >= 11 is 1.82. The molecule has 1 saturated heterocycles. The van der Waals surface area contributed by atoms with Crippen molar-refractivity contribution >= 4 is 17.7 Å². The fourth-order valence-corrected chi connectivity index (χ4v) is 2.84. The smallest absolute Gasteiger partial charge is 0.238 e. The van der Waals surface area contributed by atoms with Crippen LogP contribution in [-0.4, -0.2) is 29.5 Å². The number of nitrogens with two attached hydrogens (primary N) is 1. The van der Waals surface area contributed by atoms with Crippen LogP contribution in [0, 0.1) is 5.92 Å². The Morgan fingerprint density at radius 1 is 1.64 bits per heavy atom. The summed E-state index contributed by atoms with van der Waals surface area (Å²) in [5, 5.41) is 3.34. The Hall–Kier alpha value is -0.220. The van der Waals surface area contributed by atoms with Crippen LogP contribution in [0.4, 0.5) is 0 Å². The first-order valence-electron chi connectivity index (χ1n) is 5.19. The van der Waals surface area contributed by atoms with Crippen LogP contribution in [0.25, 0.3) is 0 Å². The fraction of sp³-hybridized carbons (Fsp3) is 0.900. The van der Waals surface area contributed by atoms with E-state index in [9.17, 15) is 4.79 Å². The Morgan fingerprint density at radius 2 is 2.36 bits per heavy atom. The van der Waals surface area contributed by atoms with E-state index < -0.39 is 5.54 Å². The largest absolute Gasteiger partial charge is 0.368 e. The molecule has 1 amide bonds. The molecule has 3 nitrogen and oxygen atoms in total. The van der Waals surface area contributed by atoms with Gasteiger partial charge in [0.25, 0.3) is 0 Å². The summed E-state index contributed by atoms with van der Waals surface area (Å²) in [7, 11) is 0. The molecule has 1 atom stereocenters. The minimum atomic E-state index is -0.437. The first kappa shape index (κ1) is 11.9. The van der Waals surface area contributed by atoms with Crippen LogP contribution in [0.15, 0.2) is 0 Å². The number of carbonyl (C=O) groups is 1. The van der Waals surface area contributed by atoms with Crippen molar-refractivity contribution in [3.8, 4) is 0 Å². The first-order valence-corrected chi connectivity index (χ1v) is 6.35. The maximum atomic E-state index is 11.4. The van der Waals surface area contributed by atoms with E-state index in [1.165, 1.54) is 0 Å². The second-order valence-corrected chi connectivity index (χ2v) is 5.48. The topological polar surface area (TPSA) is 55.1 Å². The molecule has 0 aromatic rings. The minimum absolute atomic E-state index is 0.189. The van der Waals surface area contributed by atoms with E-state index in [1.54, 1.807) is 0 Å². The summed E-state index contributed by atoms with van der Waals surface area (Å²) < 4.78 is 0. The monoisotopic (exact) mass is 216 g/mol. The zero-order valence-corrected chi connectivity index (χ0v) is 9.82. The molecule has 3 N–H and O–H groups in total. The van der Waals surface area contributed by atoms with E-state index in [1.807, 2.05) is 11.8 Å². The normalized spacial score (nSPS) is 27.9. The van der Waals surface area contributed by atoms with Gasteiger partial charge in [-0.3, -0.25) is 4.79 Å². The molecule has 14 heavy (non-hydrogen) atoms. The third-order valence-corrected chi connectivity index (χ3v) is 3.84. The first-order chi connectivity index (χ1) is 6.57. The quantitative estimate of drug-likeness (QED) is 0.736. The van der Waals surface area contributed by atoms with E-state index in [0.717, 1.165) is 30.9 Å². The lowest BCUT2D eigenvalue weighted by Gasteiger charge is -2.35. The number of hydrogen-bond donors (Lipinski definition) is 2. The third kappa shape index (κ3) is 2.89. The molecule has 1 fully saturated rings. The van der Waals surface area contributed by atoms with Crippen LogP contribution in [0.5, 0.6) is 0 Å². The lowest BCUT2D eigenvalue weighted by atomic mass is 9.94. The maximum Gasteiger partial charge on any atom is 0.238 e.